The average Bonchev–Trinajstić information content (AvgIpc) is 2.83. The first-order valence-corrected chi connectivity index (χ1v) is 5.55. The highest BCUT2D eigenvalue weighted by atomic mass is 16.3. The van der Waals surface area contributed by atoms with Gasteiger partial charge in [0.15, 0.2) is 0 Å². The van der Waals surface area contributed by atoms with Crippen molar-refractivity contribution in [1.29, 1.82) is 0 Å². The highest BCUT2D eigenvalue weighted by molar-refractivity contribution is 5.45. The van der Waals surface area contributed by atoms with Gasteiger partial charge in [-0.1, -0.05) is 13.0 Å². The highest BCUT2D eigenvalue weighted by Crippen LogP contribution is 2.20. The van der Waals surface area contributed by atoms with E-state index in [-0.39, 0.29) is 6.04 Å². The zero-order chi connectivity index (χ0) is 11.4. The van der Waals surface area contributed by atoms with Gasteiger partial charge in [0.25, 0.3) is 0 Å². The van der Waals surface area contributed by atoms with Crippen LogP contribution in [0.1, 0.15) is 31.2 Å². The Kier molecular flexibility index (Phi) is 3.25. The number of nitrogens with zero attached hydrogens (tertiary/aromatic N) is 1. The molecule has 0 aliphatic rings. The van der Waals surface area contributed by atoms with Crippen LogP contribution in [0.3, 0.4) is 0 Å². The molecule has 84 valence electrons. The monoisotopic (exact) mass is 216 g/mol. The zero-order valence-corrected chi connectivity index (χ0v) is 9.60. The molecule has 2 rings (SSSR count). The molecule has 0 fully saturated rings. The van der Waals surface area contributed by atoms with Crippen LogP contribution >= 0.6 is 0 Å². The molecule has 16 heavy (non-hydrogen) atoms. The van der Waals surface area contributed by atoms with Crippen molar-refractivity contribution in [3.8, 4) is 0 Å². The standard InChI is InChI=1S/C13H16N2O/c1-3-11-6-4-8-14-13(11)15-10(2)12-7-5-9-16-12/h4-10H,3H2,1-2H3,(H,14,15). The van der Waals surface area contributed by atoms with Gasteiger partial charge < -0.3 is 9.73 Å². The summed E-state index contributed by atoms with van der Waals surface area (Å²) in [5.41, 5.74) is 1.22. The normalized spacial score (nSPS) is 12.4. The number of hydrogen-bond donors (Lipinski definition) is 1. The fourth-order valence-corrected chi connectivity index (χ4v) is 1.67. The molecule has 0 aromatic carbocycles. The minimum absolute atomic E-state index is 0.134. The lowest BCUT2D eigenvalue weighted by atomic mass is 10.2. The number of aryl methyl sites for hydroxylation is 1. The second-order valence-corrected chi connectivity index (χ2v) is 3.75. The van der Waals surface area contributed by atoms with Crippen LogP contribution in [0.25, 0.3) is 0 Å². The molecule has 0 bridgehead atoms. The summed E-state index contributed by atoms with van der Waals surface area (Å²) in [6, 6.07) is 8.04. The van der Waals surface area contributed by atoms with Crippen molar-refractivity contribution in [3.63, 3.8) is 0 Å². The van der Waals surface area contributed by atoms with E-state index in [0.29, 0.717) is 0 Å². The van der Waals surface area contributed by atoms with Crippen molar-refractivity contribution in [3.05, 3.63) is 48.0 Å². The van der Waals surface area contributed by atoms with Crippen LogP contribution in [-0.4, -0.2) is 4.98 Å². The molecule has 0 saturated carbocycles. The smallest absolute Gasteiger partial charge is 0.129 e. The van der Waals surface area contributed by atoms with Gasteiger partial charge in [-0.05, 0) is 37.1 Å². The molecule has 0 aliphatic heterocycles. The lowest BCUT2D eigenvalue weighted by molar-refractivity contribution is 0.490. The van der Waals surface area contributed by atoms with E-state index in [1.165, 1.54) is 5.56 Å². The van der Waals surface area contributed by atoms with E-state index < -0.39 is 0 Å². The zero-order valence-electron chi connectivity index (χ0n) is 9.60. The number of anilines is 1. The Morgan fingerprint density at radius 1 is 1.38 bits per heavy atom. The Labute approximate surface area is 95.5 Å². The third-order valence-corrected chi connectivity index (χ3v) is 2.60. The Hall–Kier alpha value is -1.77. The van der Waals surface area contributed by atoms with Crippen molar-refractivity contribution < 1.29 is 4.42 Å². The van der Waals surface area contributed by atoms with Crippen LogP contribution in [0.5, 0.6) is 0 Å². The summed E-state index contributed by atoms with van der Waals surface area (Å²) in [5, 5.41) is 3.36. The van der Waals surface area contributed by atoms with Crippen molar-refractivity contribution in [1.82, 2.24) is 4.98 Å². The highest BCUT2D eigenvalue weighted by Gasteiger charge is 2.10. The molecule has 1 atom stereocenters. The fourth-order valence-electron chi connectivity index (χ4n) is 1.67. The summed E-state index contributed by atoms with van der Waals surface area (Å²) in [4.78, 5) is 4.35. The van der Waals surface area contributed by atoms with Crippen LogP contribution < -0.4 is 5.32 Å². The number of nitrogens with one attached hydrogen (secondary N) is 1. The molecular weight excluding hydrogens is 200 g/mol. The lowest BCUT2D eigenvalue weighted by Crippen LogP contribution is -2.08. The Morgan fingerprint density at radius 2 is 2.25 bits per heavy atom. The molecule has 3 nitrogen and oxygen atoms in total. The van der Waals surface area contributed by atoms with Gasteiger partial charge in [0.2, 0.25) is 0 Å². The summed E-state index contributed by atoms with van der Waals surface area (Å²) in [6.45, 7) is 4.19. The first kappa shape index (κ1) is 10.7. The van der Waals surface area contributed by atoms with Crippen LogP contribution in [0, 0.1) is 0 Å². The average molecular weight is 216 g/mol. The maximum absolute atomic E-state index is 5.35. The second kappa shape index (κ2) is 4.84. The maximum Gasteiger partial charge on any atom is 0.129 e. The van der Waals surface area contributed by atoms with Gasteiger partial charge in [-0.2, -0.15) is 0 Å². The molecule has 1 N–H and O–H groups in total. The molecule has 2 heterocycles. The van der Waals surface area contributed by atoms with Gasteiger partial charge in [0, 0.05) is 6.20 Å². The summed E-state index contributed by atoms with van der Waals surface area (Å²) in [7, 11) is 0. The summed E-state index contributed by atoms with van der Waals surface area (Å²) >= 11 is 0. The molecular formula is C13H16N2O. The largest absolute Gasteiger partial charge is 0.467 e. The quantitative estimate of drug-likeness (QED) is 0.851. The van der Waals surface area contributed by atoms with Gasteiger partial charge in [-0.15, -0.1) is 0 Å². The van der Waals surface area contributed by atoms with Crippen molar-refractivity contribution >= 4 is 5.82 Å². The first-order chi connectivity index (χ1) is 7.81. The van der Waals surface area contributed by atoms with Crippen LogP contribution in [0.15, 0.2) is 41.1 Å². The van der Waals surface area contributed by atoms with Crippen molar-refractivity contribution in [2.45, 2.75) is 26.3 Å². The van der Waals surface area contributed by atoms with Gasteiger partial charge in [0.1, 0.15) is 11.6 Å². The third-order valence-electron chi connectivity index (χ3n) is 2.60. The predicted octanol–water partition coefficient (Wildman–Crippen LogP) is 3.41. The van der Waals surface area contributed by atoms with E-state index in [1.807, 2.05) is 18.2 Å². The molecule has 1 unspecified atom stereocenters. The summed E-state index contributed by atoms with van der Waals surface area (Å²) in [6.07, 6.45) is 4.46. The van der Waals surface area contributed by atoms with Gasteiger partial charge in [-0.25, -0.2) is 4.98 Å². The Balaban J connectivity index is 2.14. The number of hydrogen-bond acceptors (Lipinski definition) is 3. The van der Waals surface area contributed by atoms with Crippen molar-refractivity contribution in [2.24, 2.45) is 0 Å². The molecule has 3 heteroatoms. The first-order valence-electron chi connectivity index (χ1n) is 5.55. The molecule has 0 radical (unpaired) electrons. The minimum atomic E-state index is 0.134. The Bertz CT molecular complexity index is 437. The minimum Gasteiger partial charge on any atom is -0.467 e. The van der Waals surface area contributed by atoms with E-state index in [4.69, 9.17) is 4.42 Å². The second-order valence-electron chi connectivity index (χ2n) is 3.75. The van der Waals surface area contributed by atoms with Gasteiger partial charge in [-0.3, -0.25) is 0 Å². The number of aromatic nitrogens is 1. The molecule has 0 spiro atoms. The molecule has 0 saturated heterocycles. The van der Waals surface area contributed by atoms with Crippen LogP contribution in [0.2, 0.25) is 0 Å². The van der Waals surface area contributed by atoms with E-state index in [0.717, 1.165) is 18.0 Å². The number of furan rings is 1. The van der Waals surface area contributed by atoms with E-state index in [9.17, 15) is 0 Å². The van der Waals surface area contributed by atoms with Crippen LogP contribution in [-0.2, 0) is 6.42 Å². The fraction of sp³-hybridized carbons (Fsp3) is 0.308. The third kappa shape index (κ3) is 2.24. The van der Waals surface area contributed by atoms with E-state index in [2.05, 4.69) is 30.2 Å². The maximum atomic E-state index is 5.35. The van der Waals surface area contributed by atoms with Gasteiger partial charge >= 0.3 is 0 Å². The SMILES string of the molecule is CCc1cccnc1NC(C)c1ccco1. The molecule has 2 aromatic rings. The van der Waals surface area contributed by atoms with E-state index in [1.54, 1.807) is 12.5 Å². The number of pyridine rings is 1. The Morgan fingerprint density at radius 3 is 2.94 bits per heavy atom. The molecule has 2 aromatic heterocycles. The summed E-state index contributed by atoms with van der Waals surface area (Å²) in [5.74, 6) is 1.86. The topological polar surface area (TPSA) is 38.1 Å². The van der Waals surface area contributed by atoms with Crippen molar-refractivity contribution in [2.75, 3.05) is 5.32 Å². The van der Waals surface area contributed by atoms with Gasteiger partial charge in [0.05, 0.1) is 12.3 Å². The lowest BCUT2D eigenvalue weighted by Gasteiger charge is -2.14. The number of rotatable bonds is 4. The van der Waals surface area contributed by atoms with Crippen LogP contribution in [0.4, 0.5) is 5.82 Å². The summed E-state index contributed by atoms with van der Waals surface area (Å²) < 4.78 is 5.35. The molecule has 0 aliphatic carbocycles. The van der Waals surface area contributed by atoms with E-state index >= 15 is 0 Å². The molecule has 0 amide bonds. The predicted molar refractivity (Wildman–Crippen MR) is 64.4 cm³/mol.